The van der Waals surface area contributed by atoms with E-state index in [-0.39, 0.29) is 12.4 Å². The van der Waals surface area contributed by atoms with Crippen LogP contribution in [0.5, 0.6) is 5.75 Å². The van der Waals surface area contributed by atoms with Gasteiger partial charge in [-0.2, -0.15) is 0 Å². The summed E-state index contributed by atoms with van der Waals surface area (Å²) in [5, 5.41) is 3.33. The Kier molecular flexibility index (Phi) is 8.37. The number of allylic oxidation sites excluding steroid dienone is 3. The molecule has 2 aromatic carbocycles. The molecule has 6 nitrogen and oxygen atoms in total. The molecule has 4 rings (SSSR count). The molecular weight excluding hydrogens is 442 g/mol. The molecule has 0 amide bonds. The van der Waals surface area contributed by atoms with E-state index >= 15 is 0 Å². The zero-order valence-electron chi connectivity index (χ0n) is 20.5. The highest BCUT2D eigenvalue weighted by molar-refractivity contribution is 6.04. The lowest BCUT2D eigenvalue weighted by atomic mass is 9.75. The second-order valence-corrected chi connectivity index (χ2v) is 8.83. The molecule has 1 N–H and O–H groups in total. The number of hydrogen-bond acceptors (Lipinski definition) is 6. The third-order valence-corrected chi connectivity index (χ3v) is 6.27. The van der Waals surface area contributed by atoms with E-state index in [0.717, 1.165) is 36.1 Å². The Morgan fingerprint density at radius 3 is 2.57 bits per heavy atom. The normalized spacial score (nSPS) is 17.7. The van der Waals surface area contributed by atoms with Crippen molar-refractivity contribution in [3.8, 4) is 5.75 Å². The zero-order valence-corrected chi connectivity index (χ0v) is 20.5. The van der Waals surface area contributed by atoms with Crippen LogP contribution in [0.1, 0.15) is 56.6 Å². The molecule has 0 saturated heterocycles. The van der Waals surface area contributed by atoms with Crippen molar-refractivity contribution in [1.29, 1.82) is 0 Å². The third-order valence-electron chi connectivity index (χ3n) is 6.27. The van der Waals surface area contributed by atoms with Crippen molar-refractivity contribution in [1.82, 2.24) is 5.32 Å². The summed E-state index contributed by atoms with van der Waals surface area (Å²) in [6.07, 6.45) is 2.94. The molecule has 1 aliphatic heterocycles. The zero-order chi connectivity index (χ0) is 24.6. The van der Waals surface area contributed by atoms with Crippen molar-refractivity contribution in [3.63, 3.8) is 0 Å². The largest absolute Gasteiger partial charge is 0.489 e. The van der Waals surface area contributed by atoms with Gasteiger partial charge in [-0.25, -0.2) is 4.79 Å². The molecular formula is C29H33NO5. The van der Waals surface area contributed by atoms with Gasteiger partial charge in [0, 0.05) is 35.6 Å². The van der Waals surface area contributed by atoms with E-state index in [1.54, 1.807) is 0 Å². The van der Waals surface area contributed by atoms with Gasteiger partial charge in [0.05, 0.1) is 18.1 Å². The maximum atomic E-state index is 13.3. The summed E-state index contributed by atoms with van der Waals surface area (Å²) in [7, 11) is 0. The minimum absolute atomic E-state index is 0.0608. The summed E-state index contributed by atoms with van der Waals surface area (Å²) in [6, 6.07) is 17.6. The number of rotatable bonds is 10. The first kappa shape index (κ1) is 24.7. The topological polar surface area (TPSA) is 73.9 Å². The lowest BCUT2D eigenvalue weighted by Gasteiger charge is -2.34. The minimum atomic E-state index is -0.546. The Bertz CT molecular complexity index is 1120. The van der Waals surface area contributed by atoms with Gasteiger partial charge in [0.15, 0.2) is 5.78 Å². The first-order valence-corrected chi connectivity index (χ1v) is 12.3. The number of ether oxygens (including phenoxy) is 3. The third kappa shape index (κ3) is 5.82. The minimum Gasteiger partial charge on any atom is -0.489 e. The van der Waals surface area contributed by atoms with Crippen molar-refractivity contribution in [3.05, 3.63) is 88.3 Å². The lowest BCUT2D eigenvalue weighted by molar-refractivity contribution is -0.141. The number of carbonyl (C=O) groups is 2. The summed E-state index contributed by atoms with van der Waals surface area (Å²) in [6.45, 7) is 5.41. The Morgan fingerprint density at radius 2 is 1.77 bits per heavy atom. The molecule has 184 valence electrons. The van der Waals surface area contributed by atoms with E-state index in [9.17, 15) is 9.59 Å². The molecule has 0 aromatic heterocycles. The van der Waals surface area contributed by atoms with Crippen LogP contribution in [0.4, 0.5) is 0 Å². The summed E-state index contributed by atoms with van der Waals surface area (Å²) in [5.74, 6) is -0.276. The molecule has 0 radical (unpaired) electrons. The van der Waals surface area contributed by atoms with Crippen LogP contribution < -0.4 is 10.1 Å². The maximum absolute atomic E-state index is 13.3. The van der Waals surface area contributed by atoms with Gasteiger partial charge in [-0.05, 0) is 37.8 Å². The van der Waals surface area contributed by atoms with Gasteiger partial charge in [0.2, 0.25) is 0 Å². The van der Waals surface area contributed by atoms with Crippen molar-refractivity contribution < 1.29 is 23.8 Å². The number of dihydropyridines is 1. The number of esters is 1. The standard InChI is InChI=1S/C29H33NO5/c1-3-16-33-17-18-34-29(32)26-20(2)30-23-13-9-14-24(31)28(23)27(26)22-12-7-8-15-25(22)35-19-21-10-5-4-6-11-21/h4-8,10-12,15,27,30H,3,9,13-14,16-19H2,1-2H3/t27-/m0/s1. The second-order valence-electron chi connectivity index (χ2n) is 8.83. The summed E-state index contributed by atoms with van der Waals surface area (Å²) in [5.41, 5.74) is 4.53. The van der Waals surface area contributed by atoms with E-state index < -0.39 is 11.9 Å². The van der Waals surface area contributed by atoms with Crippen LogP contribution in [-0.2, 0) is 25.7 Å². The fourth-order valence-electron chi connectivity index (χ4n) is 4.67. The molecule has 0 fully saturated rings. The number of para-hydroxylation sites is 1. The number of Topliss-reactive ketones (excluding diaryl/α,β-unsaturated/α-hetero) is 1. The Labute approximate surface area is 207 Å². The van der Waals surface area contributed by atoms with Crippen molar-refractivity contribution in [2.75, 3.05) is 19.8 Å². The van der Waals surface area contributed by atoms with Crippen molar-refractivity contribution in [2.24, 2.45) is 0 Å². The molecule has 2 aromatic rings. The van der Waals surface area contributed by atoms with E-state index in [1.807, 2.05) is 68.4 Å². The van der Waals surface area contributed by atoms with Crippen LogP contribution in [0.15, 0.2) is 77.1 Å². The molecule has 0 spiro atoms. The van der Waals surface area contributed by atoms with E-state index in [4.69, 9.17) is 14.2 Å². The Balaban J connectivity index is 1.67. The SMILES string of the molecule is CCCOCCOC(=O)C1=C(C)NC2=C(C(=O)CCC2)[C@H]1c1ccccc1OCc1ccccc1. The Morgan fingerprint density at radius 1 is 1.00 bits per heavy atom. The predicted octanol–water partition coefficient (Wildman–Crippen LogP) is 5.20. The number of nitrogens with one attached hydrogen (secondary N) is 1. The number of ketones is 1. The molecule has 0 unspecified atom stereocenters. The molecule has 2 aliphatic rings. The monoisotopic (exact) mass is 475 g/mol. The van der Waals surface area contributed by atoms with E-state index in [0.29, 0.717) is 48.8 Å². The summed E-state index contributed by atoms with van der Waals surface area (Å²) < 4.78 is 17.3. The van der Waals surface area contributed by atoms with E-state index in [1.165, 1.54) is 0 Å². The number of benzene rings is 2. The van der Waals surface area contributed by atoms with Gasteiger partial charge in [-0.15, -0.1) is 0 Å². The van der Waals surface area contributed by atoms with Crippen LogP contribution in [0, 0.1) is 0 Å². The first-order valence-electron chi connectivity index (χ1n) is 12.3. The summed E-state index contributed by atoms with van der Waals surface area (Å²) >= 11 is 0. The maximum Gasteiger partial charge on any atom is 0.336 e. The molecule has 1 heterocycles. The van der Waals surface area contributed by atoms with Gasteiger partial charge in [0.25, 0.3) is 0 Å². The van der Waals surface area contributed by atoms with Gasteiger partial charge in [-0.3, -0.25) is 4.79 Å². The quantitative estimate of drug-likeness (QED) is 0.376. The fourth-order valence-corrected chi connectivity index (χ4v) is 4.67. The van der Waals surface area contributed by atoms with E-state index in [2.05, 4.69) is 5.32 Å². The number of carbonyl (C=O) groups excluding carboxylic acids is 2. The predicted molar refractivity (Wildman–Crippen MR) is 134 cm³/mol. The van der Waals surface area contributed by atoms with Crippen LogP contribution in [-0.4, -0.2) is 31.6 Å². The van der Waals surface area contributed by atoms with Gasteiger partial charge < -0.3 is 19.5 Å². The highest BCUT2D eigenvalue weighted by Gasteiger charge is 2.40. The molecule has 6 heteroatoms. The summed E-state index contributed by atoms with van der Waals surface area (Å²) in [4.78, 5) is 26.5. The Hall–Kier alpha value is -3.38. The van der Waals surface area contributed by atoms with Gasteiger partial charge in [0.1, 0.15) is 19.0 Å². The molecule has 1 aliphatic carbocycles. The van der Waals surface area contributed by atoms with Gasteiger partial charge >= 0.3 is 5.97 Å². The lowest BCUT2D eigenvalue weighted by Crippen LogP contribution is -2.34. The van der Waals surface area contributed by atoms with Crippen molar-refractivity contribution >= 4 is 11.8 Å². The fraction of sp³-hybridized carbons (Fsp3) is 0.379. The average Bonchev–Trinajstić information content (AvgIpc) is 2.87. The van der Waals surface area contributed by atoms with Crippen LogP contribution >= 0.6 is 0 Å². The second kappa shape index (κ2) is 11.8. The van der Waals surface area contributed by atoms with Crippen LogP contribution in [0.25, 0.3) is 0 Å². The highest BCUT2D eigenvalue weighted by Crippen LogP contribution is 2.45. The average molecular weight is 476 g/mol. The number of hydrogen-bond donors (Lipinski definition) is 1. The smallest absolute Gasteiger partial charge is 0.336 e. The molecule has 1 atom stereocenters. The molecule has 0 bridgehead atoms. The first-order chi connectivity index (χ1) is 17.1. The van der Waals surface area contributed by atoms with Gasteiger partial charge in [-0.1, -0.05) is 55.5 Å². The van der Waals surface area contributed by atoms with Crippen molar-refractivity contribution in [2.45, 2.75) is 52.1 Å². The molecule has 0 saturated carbocycles. The van der Waals surface area contributed by atoms with Crippen LogP contribution in [0.3, 0.4) is 0 Å². The highest BCUT2D eigenvalue weighted by atomic mass is 16.6. The van der Waals surface area contributed by atoms with Crippen LogP contribution in [0.2, 0.25) is 0 Å². The molecule has 35 heavy (non-hydrogen) atoms.